The number of aromatic nitrogens is 2. The molecule has 4 N–H and O–H groups in total. The molecule has 0 fully saturated rings. The number of carboxylic acids is 1. The van der Waals surface area contributed by atoms with Crippen LogP contribution in [0.3, 0.4) is 0 Å². The highest BCUT2D eigenvalue weighted by Gasteiger charge is 2.24. The molecule has 2 aromatic rings. The molecule has 7 heteroatoms. The van der Waals surface area contributed by atoms with E-state index in [9.17, 15) is 14.4 Å². The molecule has 100 valence electrons. The van der Waals surface area contributed by atoms with Crippen LogP contribution in [0.1, 0.15) is 13.3 Å². The summed E-state index contributed by atoms with van der Waals surface area (Å²) >= 11 is 0. The van der Waals surface area contributed by atoms with E-state index >= 15 is 0 Å². The van der Waals surface area contributed by atoms with Crippen LogP contribution in [0.2, 0.25) is 0 Å². The fraction of sp³-hybridized carbons (Fsp3) is 0.250. The zero-order chi connectivity index (χ0) is 14.0. The summed E-state index contributed by atoms with van der Waals surface area (Å²) in [5, 5.41) is 11.4. The Kier molecular flexibility index (Phi) is 3.37. The highest BCUT2D eigenvalue weighted by Crippen LogP contribution is 2.16. The van der Waals surface area contributed by atoms with Crippen molar-refractivity contribution in [3.8, 4) is 0 Å². The van der Waals surface area contributed by atoms with Gasteiger partial charge in [0.2, 0.25) is 5.91 Å². The first-order valence-electron chi connectivity index (χ1n) is 5.77. The van der Waals surface area contributed by atoms with Crippen molar-refractivity contribution in [2.45, 2.75) is 13.3 Å². The average molecular weight is 263 g/mol. The number of aliphatic carboxylic acids is 1. The van der Waals surface area contributed by atoms with Gasteiger partial charge in [-0.15, -0.1) is 0 Å². The molecular weight excluding hydrogens is 250 g/mol. The van der Waals surface area contributed by atoms with Gasteiger partial charge >= 0.3 is 11.7 Å². The Morgan fingerprint density at radius 3 is 2.63 bits per heavy atom. The quantitative estimate of drug-likeness (QED) is 0.613. The number of carbonyl (C=O) groups is 2. The van der Waals surface area contributed by atoms with E-state index in [-0.39, 0.29) is 12.1 Å². The number of hydrogen-bond donors (Lipinski definition) is 4. The number of carboxylic acid groups (broad SMARTS) is 1. The molecule has 1 atom stereocenters. The number of H-pyrrole nitrogens is 2. The number of carbonyl (C=O) groups excluding carboxylic acids is 1. The second kappa shape index (κ2) is 4.97. The van der Waals surface area contributed by atoms with Crippen LogP contribution < -0.4 is 11.0 Å². The highest BCUT2D eigenvalue weighted by atomic mass is 16.4. The molecule has 1 aromatic carbocycles. The van der Waals surface area contributed by atoms with Gasteiger partial charge in [-0.25, -0.2) is 4.79 Å². The van der Waals surface area contributed by atoms with Crippen molar-refractivity contribution in [2.24, 2.45) is 5.92 Å². The lowest BCUT2D eigenvalue weighted by Gasteiger charge is -2.10. The minimum atomic E-state index is -1.16. The van der Waals surface area contributed by atoms with Gasteiger partial charge in [-0.05, 0) is 24.6 Å². The average Bonchev–Trinajstić information content (AvgIpc) is 2.68. The van der Waals surface area contributed by atoms with Crippen LogP contribution in [0.25, 0.3) is 11.0 Å². The van der Waals surface area contributed by atoms with Crippen molar-refractivity contribution in [2.75, 3.05) is 5.32 Å². The molecule has 0 saturated heterocycles. The van der Waals surface area contributed by atoms with E-state index in [1.807, 2.05) is 0 Å². The van der Waals surface area contributed by atoms with E-state index in [1.54, 1.807) is 25.1 Å². The van der Waals surface area contributed by atoms with E-state index in [2.05, 4.69) is 15.3 Å². The van der Waals surface area contributed by atoms with Crippen molar-refractivity contribution in [1.29, 1.82) is 0 Å². The van der Waals surface area contributed by atoms with Crippen LogP contribution in [0.4, 0.5) is 5.69 Å². The Hall–Kier alpha value is -2.57. The molecule has 0 radical (unpaired) electrons. The number of nitrogens with one attached hydrogen (secondary N) is 3. The summed E-state index contributed by atoms with van der Waals surface area (Å²) in [4.78, 5) is 38.8. The number of fused-ring (bicyclic) bond motifs is 1. The van der Waals surface area contributed by atoms with Crippen molar-refractivity contribution >= 4 is 28.6 Å². The number of hydrogen-bond acceptors (Lipinski definition) is 3. The van der Waals surface area contributed by atoms with Gasteiger partial charge in [-0.3, -0.25) is 9.59 Å². The van der Waals surface area contributed by atoms with E-state index < -0.39 is 17.8 Å². The summed E-state index contributed by atoms with van der Waals surface area (Å²) in [6.07, 6.45) is 0.213. The summed E-state index contributed by atoms with van der Waals surface area (Å²) in [5.41, 5.74) is 1.27. The SMILES string of the molecule is CCC(C(=O)O)C(=O)Nc1ccc2[nH]c(=O)[nH]c2c1. The molecule has 0 aliphatic heterocycles. The summed E-state index contributed by atoms with van der Waals surface area (Å²) in [7, 11) is 0. The molecule has 7 nitrogen and oxygen atoms in total. The van der Waals surface area contributed by atoms with E-state index in [1.165, 1.54) is 0 Å². The Morgan fingerprint density at radius 1 is 1.32 bits per heavy atom. The van der Waals surface area contributed by atoms with Gasteiger partial charge in [-0.2, -0.15) is 0 Å². The lowest BCUT2D eigenvalue weighted by molar-refractivity contribution is -0.145. The number of rotatable bonds is 4. The minimum absolute atomic E-state index is 0.213. The maximum atomic E-state index is 11.8. The van der Waals surface area contributed by atoms with Gasteiger partial charge in [-0.1, -0.05) is 6.92 Å². The van der Waals surface area contributed by atoms with Gasteiger partial charge in [0.1, 0.15) is 5.92 Å². The highest BCUT2D eigenvalue weighted by molar-refractivity contribution is 6.04. The smallest absolute Gasteiger partial charge is 0.323 e. The third kappa shape index (κ3) is 2.65. The van der Waals surface area contributed by atoms with Crippen LogP contribution in [-0.4, -0.2) is 27.0 Å². The van der Waals surface area contributed by atoms with Crippen LogP contribution in [-0.2, 0) is 9.59 Å². The number of amides is 1. The second-order valence-electron chi connectivity index (χ2n) is 4.13. The predicted molar refractivity (Wildman–Crippen MR) is 69.0 cm³/mol. The number of imidazole rings is 1. The van der Waals surface area contributed by atoms with E-state index in [0.29, 0.717) is 16.7 Å². The monoisotopic (exact) mass is 263 g/mol. The number of aromatic amines is 2. The Balaban J connectivity index is 2.23. The van der Waals surface area contributed by atoms with Crippen molar-refractivity contribution in [3.63, 3.8) is 0 Å². The molecule has 0 spiro atoms. The second-order valence-corrected chi connectivity index (χ2v) is 4.13. The van der Waals surface area contributed by atoms with Gasteiger partial charge in [0.05, 0.1) is 11.0 Å². The van der Waals surface area contributed by atoms with Crippen LogP contribution in [0.5, 0.6) is 0 Å². The lowest BCUT2D eigenvalue weighted by atomic mass is 10.1. The minimum Gasteiger partial charge on any atom is -0.481 e. The first-order valence-corrected chi connectivity index (χ1v) is 5.77. The van der Waals surface area contributed by atoms with Crippen LogP contribution >= 0.6 is 0 Å². The zero-order valence-corrected chi connectivity index (χ0v) is 10.2. The molecule has 1 unspecified atom stereocenters. The number of benzene rings is 1. The Labute approximate surface area is 107 Å². The molecule has 1 amide bonds. The third-order valence-electron chi connectivity index (χ3n) is 2.81. The van der Waals surface area contributed by atoms with Crippen molar-refractivity contribution in [3.05, 3.63) is 28.7 Å². The molecule has 0 bridgehead atoms. The first-order chi connectivity index (χ1) is 9.01. The molecule has 0 aliphatic carbocycles. The van der Waals surface area contributed by atoms with E-state index in [0.717, 1.165) is 0 Å². The predicted octanol–water partition coefficient (Wildman–Crippen LogP) is 0.905. The fourth-order valence-corrected chi connectivity index (χ4v) is 1.81. The van der Waals surface area contributed by atoms with E-state index in [4.69, 9.17) is 5.11 Å². The maximum absolute atomic E-state index is 11.8. The lowest BCUT2D eigenvalue weighted by Crippen LogP contribution is -2.28. The van der Waals surface area contributed by atoms with Crippen LogP contribution in [0.15, 0.2) is 23.0 Å². The first kappa shape index (κ1) is 12.9. The molecule has 1 heterocycles. The molecular formula is C12H13N3O4. The molecule has 2 rings (SSSR count). The standard InChI is InChI=1S/C12H13N3O4/c1-2-7(11(17)18)10(16)13-6-3-4-8-9(5-6)15-12(19)14-8/h3-5,7H,2H2,1H3,(H,13,16)(H,17,18)(H2,14,15,19). The van der Waals surface area contributed by atoms with Gasteiger partial charge in [0.15, 0.2) is 0 Å². The molecule has 0 aliphatic rings. The van der Waals surface area contributed by atoms with Crippen molar-refractivity contribution < 1.29 is 14.7 Å². The van der Waals surface area contributed by atoms with Gasteiger partial charge < -0.3 is 20.4 Å². The van der Waals surface area contributed by atoms with Gasteiger partial charge in [0.25, 0.3) is 0 Å². The maximum Gasteiger partial charge on any atom is 0.323 e. The Bertz CT molecular complexity index is 686. The van der Waals surface area contributed by atoms with Crippen LogP contribution in [0, 0.1) is 5.92 Å². The normalized spacial score (nSPS) is 12.3. The summed E-state index contributed by atoms with van der Waals surface area (Å²) in [6.45, 7) is 1.63. The molecule has 0 saturated carbocycles. The fourth-order valence-electron chi connectivity index (χ4n) is 1.81. The topological polar surface area (TPSA) is 115 Å². The summed E-state index contributed by atoms with van der Waals surface area (Å²) in [5.74, 6) is -2.82. The Morgan fingerprint density at radius 2 is 2.00 bits per heavy atom. The van der Waals surface area contributed by atoms with Crippen molar-refractivity contribution in [1.82, 2.24) is 9.97 Å². The van der Waals surface area contributed by atoms with Gasteiger partial charge in [0, 0.05) is 5.69 Å². The molecule has 19 heavy (non-hydrogen) atoms. The largest absolute Gasteiger partial charge is 0.481 e. The molecule has 1 aromatic heterocycles. The third-order valence-corrected chi connectivity index (χ3v) is 2.81. The summed E-state index contributed by atoms with van der Waals surface area (Å²) < 4.78 is 0. The number of anilines is 1. The zero-order valence-electron chi connectivity index (χ0n) is 10.2. The summed E-state index contributed by atoms with van der Waals surface area (Å²) in [6, 6.07) is 4.79.